The van der Waals surface area contributed by atoms with Crippen LogP contribution < -0.4 is 9.47 Å². The Labute approximate surface area is 96.4 Å². The van der Waals surface area contributed by atoms with Crippen molar-refractivity contribution in [1.29, 1.82) is 0 Å². The zero-order valence-electron chi connectivity index (χ0n) is 8.18. The summed E-state index contributed by atoms with van der Waals surface area (Å²) in [5, 5.41) is 10.6. The van der Waals surface area contributed by atoms with E-state index in [4.69, 9.17) is 21.1 Å². The van der Waals surface area contributed by atoms with Gasteiger partial charge in [0.15, 0.2) is 11.5 Å². The van der Waals surface area contributed by atoms with Crippen LogP contribution in [-0.4, -0.2) is 18.1 Å². The molecule has 1 heterocycles. The standard InChI is InChI=1S/C10H8ClNO4/c11-8-5-7(1-2-12(13)14)6-9-10(8)16-4-3-15-9/h1-2,5-6H,3-4H2. The summed E-state index contributed by atoms with van der Waals surface area (Å²) in [6.45, 7) is 0.905. The molecule has 0 bridgehead atoms. The Morgan fingerprint density at radius 1 is 1.38 bits per heavy atom. The molecule has 0 N–H and O–H groups in total. The van der Waals surface area contributed by atoms with Gasteiger partial charge in [0, 0.05) is 6.08 Å². The second-order valence-corrected chi connectivity index (χ2v) is 3.54. The molecule has 0 radical (unpaired) electrons. The number of hydrogen-bond acceptors (Lipinski definition) is 4. The lowest BCUT2D eigenvalue weighted by Crippen LogP contribution is -2.15. The van der Waals surface area contributed by atoms with E-state index >= 15 is 0 Å². The highest BCUT2D eigenvalue weighted by atomic mass is 35.5. The molecule has 0 atom stereocenters. The third kappa shape index (κ3) is 2.25. The fourth-order valence-corrected chi connectivity index (χ4v) is 1.65. The summed E-state index contributed by atoms with van der Waals surface area (Å²) in [5.74, 6) is 1.01. The first kappa shape index (κ1) is 10.8. The molecule has 1 aromatic rings. The van der Waals surface area contributed by atoms with E-state index in [1.165, 1.54) is 6.08 Å². The molecule has 2 rings (SSSR count). The highest BCUT2D eigenvalue weighted by Gasteiger charge is 2.15. The van der Waals surface area contributed by atoms with Gasteiger partial charge in [-0.15, -0.1) is 0 Å². The molecule has 1 aliphatic heterocycles. The molecule has 0 spiro atoms. The highest BCUT2D eigenvalue weighted by molar-refractivity contribution is 6.32. The maximum atomic E-state index is 10.2. The molecule has 1 aromatic carbocycles. The van der Waals surface area contributed by atoms with Gasteiger partial charge in [-0.05, 0) is 17.7 Å². The van der Waals surface area contributed by atoms with E-state index < -0.39 is 4.92 Å². The predicted molar refractivity (Wildman–Crippen MR) is 58.5 cm³/mol. The van der Waals surface area contributed by atoms with Gasteiger partial charge in [-0.2, -0.15) is 0 Å². The van der Waals surface area contributed by atoms with Crippen molar-refractivity contribution in [1.82, 2.24) is 0 Å². The third-order valence-electron chi connectivity index (χ3n) is 2.01. The minimum atomic E-state index is -0.537. The average molecular weight is 242 g/mol. The summed E-state index contributed by atoms with van der Waals surface area (Å²) in [5.41, 5.74) is 0.603. The average Bonchev–Trinajstić information content (AvgIpc) is 2.26. The van der Waals surface area contributed by atoms with E-state index in [1.54, 1.807) is 12.1 Å². The summed E-state index contributed by atoms with van der Waals surface area (Å²) in [4.78, 5) is 9.64. The van der Waals surface area contributed by atoms with Crippen molar-refractivity contribution in [3.63, 3.8) is 0 Å². The van der Waals surface area contributed by atoms with E-state index in [2.05, 4.69) is 0 Å². The number of rotatable bonds is 2. The van der Waals surface area contributed by atoms with Crippen molar-refractivity contribution in [3.05, 3.63) is 39.0 Å². The Hall–Kier alpha value is -1.75. The van der Waals surface area contributed by atoms with Crippen LogP contribution in [0, 0.1) is 10.1 Å². The largest absolute Gasteiger partial charge is 0.486 e. The summed E-state index contributed by atoms with van der Waals surface area (Å²) < 4.78 is 10.7. The van der Waals surface area contributed by atoms with Crippen LogP contribution in [0.5, 0.6) is 11.5 Å². The Kier molecular flexibility index (Phi) is 2.96. The van der Waals surface area contributed by atoms with Crippen LogP contribution in [0.15, 0.2) is 18.3 Å². The Morgan fingerprint density at radius 3 is 2.88 bits per heavy atom. The van der Waals surface area contributed by atoms with Crippen LogP contribution in [0.4, 0.5) is 0 Å². The van der Waals surface area contributed by atoms with Crippen molar-refractivity contribution in [2.75, 3.05) is 13.2 Å². The van der Waals surface area contributed by atoms with Gasteiger partial charge in [-0.25, -0.2) is 0 Å². The van der Waals surface area contributed by atoms with Gasteiger partial charge in [0.25, 0.3) is 0 Å². The number of nitro groups is 1. The highest BCUT2D eigenvalue weighted by Crippen LogP contribution is 2.38. The zero-order valence-corrected chi connectivity index (χ0v) is 8.94. The van der Waals surface area contributed by atoms with Crippen molar-refractivity contribution in [2.24, 2.45) is 0 Å². The van der Waals surface area contributed by atoms with Gasteiger partial charge in [0.05, 0.1) is 9.95 Å². The number of ether oxygens (including phenoxy) is 2. The molecule has 0 aliphatic carbocycles. The Morgan fingerprint density at radius 2 is 2.12 bits per heavy atom. The van der Waals surface area contributed by atoms with E-state index in [0.29, 0.717) is 35.3 Å². The van der Waals surface area contributed by atoms with E-state index in [1.807, 2.05) is 0 Å². The lowest BCUT2D eigenvalue weighted by atomic mass is 10.2. The number of nitrogens with zero attached hydrogens (tertiary/aromatic N) is 1. The Balaban J connectivity index is 2.35. The first-order chi connectivity index (χ1) is 7.66. The molecule has 0 amide bonds. The van der Waals surface area contributed by atoms with Crippen LogP contribution in [-0.2, 0) is 0 Å². The van der Waals surface area contributed by atoms with E-state index in [0.717, 1.165) is 6.20 Å². The van der Waals surface area contributed by atoms with E-state index in [-0.39, 0.29) is 0 Å². The molecule has 0 fully saturated rings. The maximum absolute atomic E-state index is 10.2. The van der Waals surface area contributed by atoms with Crippen molar-refractivity contribution in [2.45, 2.75) is 0 Å². The van der Waals surface area contributed by atoms with Gasteiger partial charge >= 0.3 is 0 Å². The van der Waals surface area contributed by atoms with Crippen LogP contribution in [0.3, 0.4) is 0 Å². The minimum absolute atomic E-state index is 0.389. The summed E-state index contributed by atoms with van der Waals surface area (Å²) in [6.07, 6.45) is 2.20. The number of halogens is 1. The summed E-state index contributed by atoms with van der Waals surface area (Å²) in [6, 6.07) is 3.25. The molecule has 5 nitrogen and oxygen atoms in total. The van der Waals surface area contributed by atoms with Crippen LogP contribution in [0.1, 0.15) is 5.56 Å². The second-order valence-electron chi connectivity index (χ2n) is 3.13. The minimum Gasteiger partial charge on any atom is -0.486 e. The quantitative estimate of drug-likeness (QED) is 0.589. The van der Waals surface area contributed by atoms with Gasteiger partial charge in [-0.3, -0.25) is 10.1 Å². The summed E-state index contributed by atoms with van der Waals surface area (Å²) in [7, 11) is 0. The Bertz CT molecular complexity index is 458. The topological polar surface area (TPSA) is 61.6 Å². The molecule has 16 heavy (non-hydrogen) atoms. The van der Waals surface area contributed by atoms with Gasteiger partial charge in [0.2, 0.25) is 6.20 Å². The molecule has 6 heteroatoms. The normalized spacial score (nSPS) is 14.1. The van der Waals surface area contributed by atoms with Crippen LogP contribution >= 0.6 is 11.6 Å². The van der Waals surface area contributed by atoms with E-state index in [9.17, 15) is 10.1 Å². The number of fused-ring (bicyclic) bond motifs is 1. The maximum Gasteiger partial charge on any atom is 0.235 e. The van der Waals surface area contributed by atoms with Gasteiger partial charge in [0.1, 0.15) is 13.2 Å². The molecule has 0 saturated heterocycles. The first-order valence-corrected chi connectivity index (χ1v) is 4.95. The first-order valence-electron chi connectivity index (χ1n) is 4.57. The van der Waals surface area contributed by atoms with Crippen molar-refractivity contribution < 1.29 is 14.4 Å². The molecular formula is C10H8ClNO4. The van der Waals surface area contributed by atoms with Gasteiger partial charge < -0.3 is 9.47 Å². The molecule has 0 saturated carbocycles. The molecule has 0 unspecified atom stereocenters. The number of benzene rings is 1. The second kappa shape index (κ2) is 4.40. The van der Waals surface area contributed by atoms with Crippen molar-refractivity contribution >= 4 is 17.7 Å². The fourth-order valence-electron chi connectivity index (χ4n) is 1.37. The fraction of sp³-hybridized carbons (Fsp3) is 0.200. The van der Waals surface area contributed by atoms with Gasteiger partial charge in [-0.1, -0.05) is 11.6 Å². The predicted octanol–water partition coefficient (Wildman–Crippen LogP) is 2.36. The lowest BCUT2D eigenvalue weighted by molar-refractivity contribution is -0.400. The monoisotopic (exact) mass is 241 g/mol. The molecule has 1 aliphatic rings. The molecule has 84 valence electrons. The zero-order chi connectivity index (χ0) is 11.5. The van der Waals surface area contributed by atoms with Crippen molar-refractivity contribution in [3.8, 4) is 11.5 Å². The lowest BCUT2D eigenvalue weighted by Gasteiger charge is -2.19. The summed E-state index contributed by atoms with van der Waals surface area (Å²) >= 11 is 5.95. The molecular weight excluding hydrogens is 234 g/mol. The SMILES string of the molecule is O=[N+]([O-])C=Cc1cc(Cl)c2c(c1)OCCO2. The van der Waals surface area contributed by atoms with Crippen LogP contribution in [0.25, 0.3) is 6.08 Å². The number of hydrogen-bond donors (Lipinski definition) is 0. The molecule has 0 aromatic heterocycles. The van der Waals surface area contributed by atoms with Crippen LogP contribution in [0.2, 0.25) is 5.02 Å². The smallest absolute Gasteiger partial charge is 0.235 e. The third-order valence-corrected chi connectivity index (χ3v) is 2.29.